The summed E-state index contributed by atoms with van der Waals surface area (Å²) < 4.78 is 7.64. The third-order valence-corrected chi connectivity index (χ3v) is 11.0. The largest absolute Gasteiger partial charge is 0.465 e. The van der Waals surface area contributed by atoms with Gasteiger partial charge in [0.15, 0.2) is 8.32 Å². The second kappa shape index (κ2) is 11.3. The molecule has 1 heterocycles. The van der Waals surface area contributed by atoms with Crippen molar-refractivity contribution in [3.05, 3.63) is 58.2 Å². The van der Waals surface area contributed by atoms with E-state index in [0.29, 0.717) is 18.8 Å². The number of hydrogen-bond donors (Lipinski definition) is 2. The molecule has 0 aliphatic carbocycles. The van der Waals surface area contributed by atoms with Gasteiger partial charge in [0.25, 0.3) is 0 Å². The minimum atomic E-state index is -2.21. The fraction of sp³-hybridized carbons (Fsp3) is 0.458. The fourth-order valence-corrected chi connectivity index (χ4v) is 4.51. The molecule has 2 amide bonds. The van der Waals surface area contributed by atoms with Crippen molar-refractivity contribution in [3.63, 3.8) is 0 Å². The molecule has 2 rings (SSSR count). The summed E-state index contributed by atoms with van der Waals surface area (Å²) in [6, 6.07) is 11.4. The van der Waals surface area contributed by atoms with Gasteiger partial charge in [-0.15, -0.1) is 0 Å². The van der Waals surface area contributed by atoms with Gasteiger partial charge in [0.1, 0.15) is 5.82 Å². The monoisotopic (exact) mass is 535 g/mol. The van der Waals surface area contributed by atoms with E-state index < -0.39 is 20.5 Å². The third kappa shape index (κ3) is 8.24. The Balaban J connectivity index is 2.26. The van der Waals surface area contributed by atoms with E-state index in [4.69, 9.17) is 4.43 Å². The summed E-state index contributed by atoms with van der Waals surface area (Å²) in [5.41, 5.74) is 1.84. The van der Waals surface area contributed by atoms with Crippen LogP contribution in [0.1, 0.15) is 44.9 Å². The summed E-state index contributed by atoms with van der Waals surface area (Å²) in [4.78, 5) is 29.1. The van der Waals surface area contributed by atoms with Crippen LogP contribution in [-0.2, 0) is 15.6 Å². The van der Waals surface area contributed by atoms with Crippen molar-refractivity contribution in [2.75, 3.05) is 18.4 Å². The van der Waals surface area contributed by atoms with Crippen LogP contribution < -0.4 is 5.32 Å². The zero-order valence-corrected chi connectivity index (χ0v) is 22.8. The molecule has 0 bridgehead atoms. The van der Waals surface area contributed by atoms with E-state index in [0.717, 1.165) is 15.6 Å². The first kappa shape index (κ1) is 27.0. The Kier molecular flexibility index (Phi) is 9.22. The van der Waals surface area contributed by atoms with Crippen LogP contribution in [0.5, 0.6) is 0 Å². The Morgan fingerprint density at radius 2 is 1.82 bits per heavy atom. The lowest BCUT2D eigenvalue weighted by Crippen LogP contribution is -2.45. The first-order chi connectivity index (χ1) is 15.3. The summed E-state index contributed by atoms with van der Waals surface area (Å²) in [5, 5.41) is 12.5. The molecule has 0 unspecified atom stereocenters. The molecule has 0 fully saturated rings. The number of aromatic nitrogens is 1. The van der Waals surface area contributed by atoms with Gasteiger partial charge in [0.05, 0.1) is 12.6 Å². The maximum Gasteiger partial charge on any atom is 0.407 e. The first-order valence-corrected chi connectivity index (χ1v) is 14.6. The Bertz CT molecular complexity index is 944. The van der Waals surface area contributed by atoms with Gasteiger partial charge in [0, 0.05) is 24.1 Å². The van der Waals surface area contributed by atoms with E-state index in [-0.39, 0.29) is 17.5 Å². The van der Waals surface area contributed by atoms with Crippen molar-refractivity contribution >= 4 is 42.1 Å². The number of pyridine rings is 1. The number of rotatable bonds is 9. The summed E-state index contributed by atoms with van der Waals surface area (Å²) >= 11 is 3.42. The van der Waals surface area contributed by atoms with Crippen molar-refractivity contribution in [2.45, 2.75) is 58.4 Å². The molecular weight excluding hydrogens is 502 g/mol. The number of hydrogen-bond acceptors (Lipinski definition) is 4. The zero-order chi connectivity index (χ0) is 24.8. The summed E-state index contributed by atoms with van der Waals surface area (Å²) in [7, 11) is -2.21. The zero-order valence-electron chi connectivity index (χ0n) is 20.2. The van der Waals surface area contributed by atoms with Gasteiger partial charge in [-0.25, -0.2) is 9.78 Å². The number of carbonyl (C=O) groups excluding carboxylic acids is 1. The molecule has 2 aromatic rings. The molecule has 0 aliphatic rings. The lowest BCUT2D eigenvalue weighted by molar-refractivity contribution is -0.114. The van der Waals surface area contributed by atoms with Crippen LogP contribution >= 0.6 is 15.9 Å². The lowest BCUT2D eigenvalue weighted by Gasteiger charge is -2.40. The second-order valence-electron chi connectivity index (χ2n) is 9.63. The number of amides is 2. The van der Waals surface area contributed by atoms with E-state index in [1.165, 1.54) is 11.8 Å². The molecule has 0 saturated carbocycles. The molecule has 0 radical (unpaired) electrons. The molecule has 0 saturated heterocycles. The Morgan fingerprint density at radius 1 is 1.18 bits per heavy atom. The van der Waals surface area contributed by atoms with Crippen molar-refractivity contribution in [3.8, 4) is 0 Å². The highest BCUT2D eigenvalue weighted by molar-refractivity contribution is 9.10. The summed E-state index contributed by atoms with van der Waals surface area (Å²) in [6.45, 7) is 12.7. The number of benzene rings is 1. The Morgan fingerprint density at radius 3 is 2.30 bits per heavy atom. The normalized spacial score (nSPS) is 12.8. The van der Waals surface area contributed by atoms with E-state index in [1.807, 2.05) is 30.3 Å². The number of nitrogens with one attached hydrogen (secondary N) is 1. The minimum absolute atomic E-state index is 0.0414. The van der Waals surface area contributed by atoms with Gasteiger partial charge in [-0.1, -0.05) is 54.9 Å². The highest BCUT2D eigenvalue weighted by Crippen LogP contribution is 2.40. The molecule has 1 atom stereocenters. The molecule has 33 heavy (non-hydrogen) atoms. The van der Waals surface area contributed by atoms with Crippen LogP contribution in [0.2, 0.25) is 18.1 Å². The van der Waals surface area contributed by atoms with Gasteiger partial charge in [-0.05, 0) is 53.9 Å². The fourth-order valence-electron chi connectivity index (χ4n) is 2.97. The predicted octanol–water partition coefficient (Wildman–Crippen LogP) is 6.09. The SMILES string of the molecule is CC(=O)Nc1ccc([C@H](CN(CCc2ccc(Br)cc2)C(=O)O)O[Si](C)(C)C(C)(C)C)cn1. The van der Waals surface area contributed by atoms with E-state index in [1.54, 1.807) is 12.3 Å². The number of anilines is 1. The quantitative estimate of drug-likeness (QED) is 0.379. The number of carbonyl (C=O) groups is 2. The highest BCUT2D eigenvalue weighted by Gasteiger charge is 2.40. The summed E-state index contributed by atoms with van der Waals surface area (Å²) in [6.07, 6.45) is 0.800. The molecule has 1 aromatic carbocycles. The van der Waals surface area contributed by atoms with Crippen molar-refractivity contribution in [2.24, 2.45) is 0 Å². The van der Waals surface area contributed by atoms with Crippen molar-refractivity contribution in [1.82, 2.24) is 9.88 Å². The van der Waals surface area contributed by atoms with E-state index >= 15 is 0 Å². The first-order valence-electron chi connectivity index (χ1n) is 10.9. The van der Waals surface area contributed by atoms with Crippen LogP contribution in [0.15, 0.2) is 47.1 Å². The smallest absolute Gasteiger partial charge is 0.407 e. The van der Waals surface area contributed by atoms with Gasteiger partial charge < -0.3 is 19.7 Å². The Labute approximate surface area is 205 Å². The third-order valence-electron chi connectivity index (χ3n) is 5.95. The maximum absolute atomic E-state index is 12.1. The molecule has 180 valence electrons. The van der Waals surface area contributed by atoms with Crippen LogP contribution in [0, 0.1) is 0 Å². The predicted molar refractivity (Wildman–Crippen MR) is 137 cm³/mol. The molecule has 1 aromatic heterocycles. The molecule has 9 heteroatoms. The maximum atomic E-state index is 12.1. The van der Waals surface area contributed by atoms with Crippen LogP contribution in [0.3, 0.4) is 0 Å². The molecule has 7 nitrogen and oxygen atoms in total. The average molecular weight is 537 g/mol. The average Bonchev–Trinajstić information content (AvgIpc) is 2.70. The lowest BCUT2D eigenvalue weighted by atomic mass is 10.1. The van der Waals surface area contributed by atoms with Crippen LogP contribution in [0.4, 0.5) is 10.6 Å². The number of nitrogens with zero attached hydrogens (tertiary/aromatic N) is 2. The van der Waals surface area contributed by atoms with Crippen molar-refractivity contribution in [1.29, 1.82) is 0 Å². The molecule has 0 aliphatic heterocycles. The van der Waals surface area contributed by atoms with Gasteiger partial charge in [-0.3, -0.25) is 4.79 Å². The number of carboxylic acid groups (broad SMARTS) is 1. The van der Waals surface area contributed by atoms with Crippen LogP contribution in [0.25, 0.3) is 0 Å². The summed E-state index contributed by atoms with van der Waals surface area (Å²) in [5.74, 6) is 0.247. The van der Waals surface area contributed by atoms with Gasteiger partial charge in [-0.2, -0.15) is 0 Å². The Hall–Kier alpha value is -2.23. The van der Waals surface area contributed by atoms with E-state index in [2.05, 4.69) is 60.1 Å². The van der Waals surface area contributed by atoms with Gasteiger partial charge >= 0.3 is 6.09 Å². The van der Waals surface area contributed by atoms with Gasteiger partial charge in [0.2, 0.25) is 5.91 Å². The van der Waals surface area contributed by atoms with Crippen molar-refractivity contribution < 1.29 is 19.1 Å². The topological polar surface area (TPSA) is 91.8 Å². The molecular formula is C24H34BrN3O4Si. The highest BCUT2D eigenvalue weighted by atomic mass is 79.9. The van der Waals surface area contributed by atoms with E-state index in [9.17, 15) is 14.7 Å². The number of halogens is 1. The second-order valence-corrected chi connectivity index (χ2v) is 15.3. The standard InChI is InChI=1S/C24H34BrN3O4Si/c1-17(29)27-22-12-9-19(15-26-22)21(32-33(5,6)24(2,3)4)16-28(23(30)31)14-13-18-7-10-20(25)11-8-18/h7-12,15,21H,13-14,16H2,1-6H3,(H,30,31)(H,26,27,29)/t21-/m0/s1. The minimum Gasteiger partial charge on any atom is -0.465 e. The molecule has 2 N–H and O–H groups in total. The molecule has 0 spiro atoms. The van der Waals surface area contributed by atoms with Crippen LogP contribution in [-0.4, -0.2) is 48.4 Å².